The number of rotatable bonds is 5. The topological polar surface area (TPSA) is 66.4 Å². The van der Waals surface area contributed by atoms with Gasteiger partial charge in [0.15, 0.2) is 0 Å². The minimum absolute atomic E-state index is 0.250. The highest BCUT2D eigenvalue weighted by atomic mass is 32.2. The van der Waals surface area contributed by atoms with Crippen molar-refractivity contribution in [3.63, 3.8) is 0 Å². The van der Waals surface area contributed by atoms with Crippen LogP contribution >= 0.6 is 0 Å². The standard InChI is InChI=1S/C6H12F3NO3S/c1-2-3-5(11)4-10-14(12,13)6(7,8)9/h5,10-11H,2-4H2,1H3. The van der Waals surface area contributed by atoms with Gasteiger partial charge in [-0.15, -0.1) is 0 Å². The van der Waals surface area contributed by atoms with Crippen LogP contribution in [-0.2, 0) is 10.0 Å². The second-order valence-electron chi connectivity index (χ2n) is 2.74. The monoisotopic (exact) mass is 235 g/mol. The number of sulfonamides is 1. The molecule has 0 aromatic carbocycles. The fourth-order valence-electron chi connectivity index (χ4n) is 0.723. The van der Waals surface area contributed by atoms with E-state index in [0.29, 0.717) is 6.42 Å². The quantitative estimate of drug-likeness (QED) is 0.732. The van der Waals surface area contributed by atoms with Gasteiger partial charge in [-0.2, -0.15) is 13.2 Å². The number of nitrogens with one attached hydrogen (secondary N) is 1. The summed E-state index contributed by atoms with van der Waals surface area (Å²) >= 11 is 0. The van der Waals surface area contributed by atoms with E-state index in [1.165, 1.54) is 4.72 Å². The van der Waals surface area contributed by atoms with Crippen molar-refractivity contribution in [2.24, 2.45) is 0 Å². The van der Waals surface area contributed by atoms with Crippen LogP contribution in [0, 0.1) is 0 Å². The van der Waals surface area contributed by atoms with E-state index in [2.05, 4.69) is 0 Å². The van der Waals surface area contributed by atoms with Crippen molar-refractivity contribution in [1.29, 1.82) is 0 Å². The maximum Gasteiger partial charge on any atom is 0.511 e. The Morgan fingerprint density at radius 1 is 1.43 bits per heavy atom. The van der Waals surface area contributed by atoms with E-state index in [1.54, 1.807) is 6.92 Å². The zero-order valence-corrected chi connectivity index (χ0v) is 8.32. The molecule has 0 aromatic heterocycles. The lowest BCUT2D eigenvalue weighted by Crippen LogP contribution is -2.40. The van der Waals surface area contributed by atoms with Crippen LogP contribution in [-0.4, -0.2) is 31.7 Å². The highest BCUT2D eigenvalue weighted by Gasteiger charge is 2.45. The lowest BCUT2D eigenvalue weighted by Gasteiger charge is -2.12. The first-order chi connectivity index (χ1) is 6.20. The van der Waals surface area contributed by atoms with Gasteiger partial charge in [-0.25, -0.2) is 13.1 Å². The van der Waals surface area contributed by atoms with Crippen LogP contribution in [0.4, 0.5) is 13.2 Å². The summed E-state index contributed by atoms with van der Waals surface area (Å²) in [5.41, 5.74) is -5.32. The maximum absolute atomic E-state index is 11.7. The Morgan fingerprint density at radius 3 is 2.29 bits per heavy atom. The molecule has 0 aliphatic carbocycles. The van der Waals surface area contributed by atoms with E-state index < -0.39 is 28.2 Å². The number of aliphatic hydroxyl groups excluding tert-OH is 1. The lowest BCUT2D eigenvalue weighted by atomic mass is 10.2. The van der Waals surface area contributed by atoms with E-state index in [0.717, 1.165) is 0 Å². The fraction of sp³-hybridized carbons (Fsp3) is 1.00. The summed E-state index contributed by atoms with van der Waals surface area (Å²) in [6, 6.07) is 0. The smallest absolute Gasteiger partial charge is 0.392 e. The number of hydrogen-bond acceptors (Lipinski definition) is 3. The number of aliphatic hydroxyl groups is 1. The van der Waals surface area contributed by atoms with Gasteiger partial charge in [0, 0.05) is 6.54 Å². The third-order valence-corrected chi connectivity index (χ3v) is 2.59. The van der Waals surface area contributed by atoms with Crippen LogP contribution in [0.1, 0.15) is 19.8 Å². The van der Waals surface area contributed by atoms with Gasteiger partial charge >= 0.3 is 15.5 Å². The molecule has 0 aliphatic rings. The van der Waals surface area contributed by atoms with Gasteiger partial charge in [0.1, 0.15) is 0 Å². The molecule has 1 unspecified atom stereocenters. The highest BCUT2D eigenvalue weighted by molar-refractivity contribution is 7.90. The summed E-state index contributed by atoms with van der Waals surface area (Å²) in [6.07, 6.45) is -0.271. The first kappa shape index (κ1) is 13.7. The Labute approximate surface area is 80.2 Å². The third-order valence-electron chi connectivity index (χ3n) is 1.44. The van der Waals surface area contributed by atoms with Crippen molar-refractivity contribution in [2.45, 2.75) is 31.4 Å². The zero-order valence-electron chi connectivity index (χ0n) is 7.50. The highest BCUT2D eigenvalue weighted by Crippen LogP contribution is 2.21. The first-order valence-electron chi connectivity index (χ1n) is 3.94. The van der Waals surface area contributed by atoms with Crippen molar-refractivity contribution in [3.05, 3.63) is 0 Å². The number of halogens is 3. The summed E-state index contributed by atoms with van der Waals surface area (Å²) in [6.45, 7) is 1.11. The Hall–Kier alpha value is -0.340. The van der Waals surface area contributed by atoms with Crippen LogP contribution in [0.2, 0.25) is 0 Å². The van der Waals surface area contributed by atoms with E-state index in [1.807, 2.05) is 0 Å². The summed E-state index contributed by atoms with van der Waals surface area (Å²) < 4.78 is 57.3. The van der Waals surface area contributed by atoms with Crippen molar-refractivity contribution < 1.29 is 26.7 Å². The Bertz CT molecular complexity index is 262. The Balaban J connectivity index is 4.14. The molecule has 0 heterocycles. The van der Waals surface area contributed by atoms with E-state index in [9.17, 15) is 21.6 Å². The second kappa shape index (κ2) is 4.94. The largest absolute Gasteiger partial charge is 0.511 e. The van der Waals surface area contributed by atoms with Gasteiger partial charge in [-0.3, -0.25) is 0 Å². The fourth-order valence-corrected chi connectivity index (χ4v) is 1.30. The molecule has 0 aliphatic heterocycles. The van der Waals surface area contributed by atoms with Crippen molar-refractivity contribution in [3.8, 4) is 0 Å². The van der Waals surface area contributed by atoms with E-state index in [4.69, 9.17) is 5.11 Å². The minimum atomic E-state index is -5.32. The van der Waals surface area contributed by atoms with Crippen LogP contribution in [0.25, 0.3) is 0 Å². The van der Waals surface area contributed by atoms with Crippen LogP contribution in [0.5, 0.6) is 0 Å². The van der Waals surface area contributed by atoms with Crippen LogP contribution < -0.4 is 4.72 Å². The summed E-state index contributed by atoms with van der Waals surface area (Å²) in [5, 5.41) is 8.98. The van der Waals surface area contributed by atoms with Crippen molar-refractivity contribution >= 4 is 10.0 Å². The Kier molecular flexibility index (Phi) is 4.82. The molecule has 4 nitrogen and oxygen atoms in total. The van der Waals surface area contributed by atoms with Gasteiger partial charge in [0.2, 0.25) is 0 Å². The summed E-state index contributed by atoms with van der Waals surface area (Å²) in [5.74, 6) is 0. The molecular formula is C6H12F3NO3S. The third kappa shape index (κ3) is 4.25. The number of alkyl halides is 3. The zero-order chi connectivity index (χ0) is 11.4. The average Bonchev–Trinajstić information content (AvgIpc) is 1.99. The molecule has 0 bridgehead atoms. The molecule has 0 rings (SSSR count). The maximum atomic E-state index is 11.7. The molecule has 0 spiro atoms. The Morgan fingerprint density at radius 2 is 1.93 bits per heavy atom. The SMILES string of the molecule is CCCC(O)CNS(=O)(=O)C(F)(F)F. The molecule has 2 N–H and O–H groups in total. The molecular weight excluding hydrogens is 223 g/mol. The van der Waals surface area contributed by atoms with E-state index >= 15 is 0 Å². The van der Waals surface area contributed by atoms with E-state index in [-0.39, 0.29) is 6.42 Å². The normalized spacial score (nSPS) is 15.5. The molecule has 8 heteroatoms. The van der Waals surface area contributed by atoms with Crippen molar-refractivity contribution in [2.75, 3.05) is 6.54 Å². The van der Waals surface area contributed by atoms with Gasteiger partial charge in [0.05, 0.1) is 6.10 Å². The lowest BCUT2D eigenvalue weighted by molar-refractivity contribution is -0.0450. The molecule has 86 valence electrons. The molecule has 0 fully saturated rings. The predicted molar refractivity (Wildman–Crippen MR) is 43.9 cm³/mol. The molecule has 0 amide bonds. The van der Waals surface area contributed by atoms with Crippen molar-refractivity contribution in [1.82, 2.24) is 4.72 Å². The molecule has 0 radical (unpaired) electrons. The molecule has 1 atom stereocenters. The first-order valence-corrected chi connectivity index (χ1v) is 5.43. The molecule has 0 saturated carbocycles. The molecule has 0 aromatic rings. The average molecular weight is 235 g/mol. The van der Waals surface area contributed by atoms with Gasteiger partial charge < -0.3 is 5.11 Å². The van der Waals surface area contributed by atoms with Crippen LogP contribution in [0.3, 0.4) is 0 Å². The molecule has 14 heavy (non-hydrogen) atoms. The number of hydrogen-bond donors (Lipinski definition) is 2. The van der Waals surface area contributed by atoms with Gasteiger partial charge in [0.25, 0.3) is 0 Å². The predicted octanol–water partition coefficient (Wildman–Crippen LogP) is 0.587. The molecule has 0 saturated heterocycles. The van der Waals surface area contributed by atoms with Gasteiger partial charge in [-0.1, -0.05) is 13.3 Å². The summed E-state index contributed by atoms with van der Waals surface area (Å²) in [4.78, 5) is 0. The van der Waals surface area contributed by atoms with Gasteiger partial charge in [-0.05, 0) is 6.42 Å². The minimum Gasteiger partial charge on any atom is -0.392 e. The second-order valence-corrected chi connectivity index (χ2v) is 4.50. The van der Waals surface area contributed by atoms with Crippen LogP contribution in [0.15, 0.2) is 0 Å². The summed E-state index contributed by atoms with van der Waals surface area (Å²) in [7, 11) is -5.32.